The van der Waals surface area contributed by atoms with E-state index in [0.29, 0.717) is 0 Å². The van der Waals surface area contributed by atoms with Crippen LogP contribution in [0, 0.1) is 5.41 Å². The maximum absolute atomic E-state index is 12.9. The number of ether oxygens (including phenoxy) is 2. The first-order valence-electron chi connectivity index (χ1n) is 9.78. The van der Waals surface area contributed by atoms with Crippen molar-refractivity contribution in [3.8, 4) is 0 Å². The number of β-lactam (4-membered cyclic amide) rings is 1. The Morgan fingerprint density at radius 2 is 1.69 bits per heavy atom. The Morgan fingerprint density at radius 1 is 1.09 bits per heavy atom. The van der Waals surface area contributed by atoms with Crippen LogP contribution in [-0.2, 0) is 28.9 Å². The van der Waals surface area contributed by atoms with Crippen molar-refractivity contribution in [1.29, 1.82) is 0 Å². The average Bonchev–Trinajstić information content (AvgIpc) is 2.70. The van der Waals surface area contributed by atoms with E-state index in [9.17, 15) is 27.6 Å². The van der Waals surface area contributed by atoms with Gasteiger partial charge in [-0.05, 0) is 24.3 Å². The van der Waals surface area contributed by atoms with E-state index in [1.807, 2.05) is 0 Å². The lowest BCUT2D eigenvalue weighted by atomic mass is 9.87. The first kappa shape index (κ1) is 23.5. The van der Waals surface area contributed by atoms with Gasteiger partial charge in [0.1, 0.15) is 35.8 Å². The van der Waals surface area contributed by atoms with E-state index in [0.717, 1.165) is 4.90 Å². The van der Waals surface area contributed by atoms with Crippen LogP contribution < -0.4 is 0 Å². The van der Waals surface area contributed by atoms with Crippen LogP contribution in [-0.4, -0.2) is 66.4 Å². The summed E-state index contributed by atoms with van der Waals surface area (Å²) in [7, 11) is -3.71. The lowest BCUT2D eigenvalue weighted by Gasteiger charge is -2.45. The molecule has 0 spiro atoms. The fourth-order valence-electron chi connectivity index (χ4n) is 3.26. The lowest BCUT2D eigenvalue weighted by molar-refractivity contribution is -0.143. The van der Waals surface area contributed by atoms with Crippen LogP contribution >= 0.6 is 0 Å². The number of hydrogen-bond donors (Lipinski definition) is 1. The van der Waals surface area contributed by atoms with E-state index in [4.69, 9.17) is 14.6 Å². The number of aromatic carboxylic acids is 1. The molecule has 2 heterocycles. The minimum Gasteiger partial charge on any atom is -0.491 e. The predicted octanol–water partition coefficient (Wildman–Crippen LogP) is 1.37. The average molecular weight is 465 g/mol. The number of rotatable bonds is 7. The number of allylic oxidation sites excluding steroid dienone is 1. The minimum atomic E-state index is -3.71. The minimum absolute atomic E-state index is 0.0187. The van der Waals surface area contributed by atoms with Crippen molar-refractivity contribution in [3.05, 3.63) is 46.8 Å². The molecule has 0 aromatic heterocycles. The molecule has 11 heteroatoms. The molecule has 1 amide bonds. The summed E-state index contributed by atoms with van der Waals surface area (Å²) in [5.41, 5.74) is -0.790. The van der Waals surface area contributed by atoms with Gasteiger partial charge in [-0.1, -0.05) is 20.8 Å². The molecule has 0 bridgehead atoms. The molecule has 10 nitrogen and oxygen atoms in total. The van der Waals surface area contributed by atoms with Crippen molar-refractivity contribution in [2.75, 3.05) is 19.0 Å². The highest BCUT2D eigenvalue weighted by atomic mass is 32.2. The van der Waals surface area contributed by atoms with Crippen LogP contribution in [0.5, 0.6) is 0 Å². The second kappa shape index (κ2) is 8.38. The normalized spacial score (nSPS) is 19.7. The Kier molecular flexibility index (Phi) is 6.14. The molecule has 0 aliphatic carbocycles. The SMILES string of the molecule is CC(C)(C)C(=O)C1=C(OCCOC(=O)c2ccc(C(=O)O)cc2)CS(=O)(=O)[C@@H]2CC(=O)N12. The third-order valence-electron chi connectivity index (χ3n) is 5.01. The maximum Gasteiger partial charge on any atom is 0.338 e. The lowest BCUT2D eigenvalue weighted by Crippen LogP contribution is -2.61. The molecule has 1 atom stereocenters. The molecule has 1 saturated heterocycles. The molecule has 172 valence electrons. The predicted molar refractivity (Wildman–Crippen MR) is 110 cm³/mol. The third-order valence-corrected chi connectivity index (χ3v) is 6.89. The van der Waals surface area contributed by atoms with E-state index < -0.39 is 50.0 Å². The highest BCUT2D eigenvalue weighted by molar-refractivity contribution is 7.92. The van der Waals surface area contributed by atoms with Crippen LogP contribution in [0.15, 0.2) is 35.7 Å². The Bertz CT molecular complexity index is 1110. The number of carbonyl (C=O) groups excluding carboxylic acids is 3. The number of carboxylic acid groups (broad SMARTS) is 1. The first-order chi connectivity index (χ1) is 14.8. The van der Waals surface area contributed by atoms with Gasteiger partial charge in [0.2, 0.25) is 5.91 Å². The highest BCUT2D eigenvalue weighted by Crippen LogP contribution is 2.39. The number of Topliss-reactive ketones (excluding diaryl/α,β-unsaturated/α-hetero) is 1. The number of ketones is 1. The summed E-state index contributed by atoms with van der Waals surface area (Å²) in [4.78, 5) is 49.0. The van der Waals surface area contributed by atoms with Crippen molar-refractivity contribution >= 4 is 33.5 Å². The van der Waals surface area contributed by atoms with Crippen LogP contribution in [0.4, 0.5) is 0 Å². The summed E-state index contributed by atoms with van der Waals surface area (Å²) >= 11 is 0. The number of hydrogen-bond acceptors (Lipinski definition) is 8. The second-order valence-corrected chi connectivity index (χ2v) is 10.6. The van der Waals surface area contributed by atoms with Crippen molar-refractivity contribution in [2.24, 2.45) is 5.41 Å². The highest BCUT2D eigenvalue weighted by Gasteiger charge is 2.54. The standard InChI is InChI=1S/C21H23NO9S/c1-21(2,3)18(24)17-14(11-32(28,29)16-10-15(23)22(16)17)30-8-9-31-20(27)13-6-4-12(5-7-13)19(25)26/h4-7,16H,8-11H2,1-3H3,(H,25,26)/t16-/m1/s1. The van der Waals surface area contributed by atoms with Gasteiger partial charge in [0.15, 0.2) is 15.6 Å². The second-order valence-electron chi connectivity index (χ2n) is 8.45. The quantitative estimate of drug-likeness (QED) is 0.358. The largest absolute Gasteiger partial charge is 0.491 e. The van der Waals surface area contributed by atoms with Crippen molar-refractivity contribution in [3.63, 3.8) is 0 Å². The summed E-state index contributed by atoms with van der Waals surface area (Å²) in [6.07, 6.45) is -0.172. The molecule has 0 unspecified atom stereocenters. The molecule has 3 rings (SSSR count). The molecule has 0 radical (unpaired) electrons. The molecule has 1 aromatic rings. The molecule has 1 N–H and O–H groups in total. The number of sulfone groups is 1. The summed E-state index contributed by atoms with van der Waals surface area (Å²) in [5.74, 6) is -3.41. The van der Waals surface area contributed by atoms with Crippen LogP contribution in [0.1, 0.15) is 47.9 Å². The topological polar surface area (TPSA) is 144 Å². The molecule has 0 saturated carbocycles. The number of carbonyl (C=O) groups is 4. The van der Waals surface area contributed by atoms with Crippen LogP contribution in [0.3, 0.4) is 0 Å². The van der Waals surface area contributed by atoms with E-state index in [-0.39, 0.29) is 42.2 Å². The summed E-state index contributed by atoms with van der Waals surface area (Å²) < 4.78 is 35.5. The van der Waals surface area contributed by atoms with Crippen molar-refractivity contribution < 1.29 is 42.2 Å². The molecule has 1 aromatic carbocycles. The summed E-state index contributed by atoms with van der Waals surface area (Å²) in [6, 6.07) is 5.13. The van der Waals surface area contributed by atoms with E-state index in [1.165, 1.54) is 24.3 Å². The van der Waals surface area contributed by atoms with Gasteiger partial charge in [-0.3, -0.25) is 14.5 Å². The zero-order valence-electron chi connectivity index (χ0n) is 17.8. The van der Waals surface area contributed by atoms with E-state index in [2.05, 4.69) is 0 Å². The van der Waals surface area contributed by atoms with Gasteiger partial charge in [-0.2, -0.15) is 0 Å². The van der Waals surface area contributed by atoms with Gasteiger partial charge < -0.3 is 14.6 Å². The van der Waals surface area contributed by atoms with Gasteiger partial charge in [0.05, 0.1) is 17.5 Å². The molecule has 2 aliphatic heterocycles. The van der Waals surface area contributed by atoms with Crippen molar-refractivity contribution in [2.45, 2.75) is 32.6 Å². The maximum atomic E-state index is 12.9. The number of amides is 1. The van der Waals surface area contributed by atoms with Gasteiger partial charge in [-0.25, -0.2) is 18.0 Å². The third kappa shape index (κ3) is 4.52. The smallest absolute Gasteiger partial charge is 0.338 e. The summed E-state index contributed by atoms with van der Waals surface area (Å²) in [5, 5.41) is 7.83. The number of fused-ring (bicyclic) bond motifs is 1. The fourth-order valence-corrected chi connectivity index (χ4v) is 4.98. The number of esters is 1. The molecular weight excluding hydrogens is 442 g/mol. The first-order valence-corrected chi connectivity index (χ1v) is 11.5. The van der Waals surface area contributed by atoms with Crippen molar-refractivity contribution in [1.82, 2.24) is 4.90 Å². The molecule has 1 fully saturated rings. The number of benzene rings is 1. The van der Waals surface area contributed by atoms with Gasteiger partial charge in [-0.15, -0.1) is 0 Å². The Hall–Kier alpha value is -3.21. The fraction of sp³-hybridized carbons (Fsp3) is 0.429. The number of nitrogens with zero attached hydrogens (tertiary/aromatic N) is 1. The van der Waals surface area contributed by atoms with Crippen LogP contribution in [0.2, 0.25) is 0 Å². The van der Waals surface area contributed by atoms with Gasteiger partial charge in [0, 0.05) is 5.41 Å². The Labute approximate surface area is 184 Å². The number of carboxylic acids is 1. The van der Waals surface area contributed by atoms with E-state index >= 15 is 0 Å². The van der Waals surface area contributed by atoms with Crippen LogP contribution in [0.25, 0.3) is 0 Å². The van der Waals surface area contributed by atoms with Gasteiger partial charge in [0.25, 0.3) is 0 Å². The summed E-state index contributed by atoms with van der Waals surface area (Å²) in [6.45, 7) is 4.47. The Balaban J connectivity index is 1.71. The zero-order chi connectivity index (χ0) is 23.8. The zero-order valence-corrected chi connectivity index (χ0v) is 18.6. The molecule has 2 aliphatic rings. The molecular formula is C21H23NO9S. The molecule has 32 heavy (non-hydrogen) atoms. The van der Waals surface area contributed by atoms with E-state index in [1.54, 1.807) is 20.8 Å². The van der Waals surface area contributed by atoms with Gasteiger partial charge >= 0.3 is 11.9 Å². The Morgan fingerprint density at radius 3 is 2.22 bits per heavy atom. The monoisotopic (exact) mass is 465 g/mol.